The van der Waals surface area contributed by atoms with Gasteiger partial charge < -0.3 is 14.6 Å². The molecule has 128 valence electrons. The summed E-state index contributed by atoms with van der Waals surface area (Å²) in [6.45, 7) is 0.251. The highest BCUT2D eigenvalue weighted by Crippen LogP contribution is 2.26. The molecule has 0 aliphatic heterocycles. The van der Waals surface area contributed by atoms with Crippen molar-refractivity contribution in [2.45, 2.75) is 6.42 Å². The van der Waals surface area contributed by atoms with Gasteiger partial charge in [0.25, 0.3) is 5.91 Å². The van der Waals surface area contributed by atoms with Gasteiger partial charge in [0.15, 0.2) is 0 Å². The van der Waals surface area contributed by atoms with Crippen LogP contribution in [0.5, 0.6) is 5.75 Å². The van der Waals surface area contributed by atoms with E-state index in [-0.39, 0.29) is 12.1 Å². The number of hydrogen-bond donors (Lipinski definition) is 1. The number of carbonyl (C=O) groups excluding carboxylic acids is 1. The molecule has 0 atom stereocenters. The molecule has 0 aliphatic carbocycles. The number of ether oxygens (including phenoxy) is 1. The average Bonchev–Trinajstić information content (AvgIpc) is 3.10. The van der Waals surface area contributed by atoms with Crippen LogP contribution in [0.4, 0.5) is 4.39 Å². The van der Waals surface area contributed by atoms with Crippen LogP contribution in [0.2, 0.25) is 0 Å². The number of rotatable bonds is 6. The molecular formula is C18H16FN3O3. The Morgan fingerprint density at radius 1 is 1.20 bits per heavy atom. The second-order valence-corrected chi connectivity index (χ2v) is 5.20. The Balaban J connectivity index is 1.61. The number of nitrogens with zero attached hydrogens (tertiary/aromatic N) is 2. The molecule has 0 radical (unpaired) electrons. The summed E-state index contributed by atoms with van der Waals surface area (Å²) in [6.07, 6.45) is 0.336. The zero-order valence-corrected chi connectivity index (χ0v) is 13.5. The van der Waals surface area contributed by atoms with E-state index in [0.29, 0.717) is 23.9 Å². The van der Waals surface area contributed by atoms with Crippen molar-refractivity contribution in [3.8, 4) is 17.1 Å². The molecule has 7 heteroatoms. The molecule has 3 aromatic rings. The van der Waals surface area contributed by atoms with E-state index in [1.54, 1.807) is 19.2 Å². The molecule has 1 heterocycles. The maximum Gasteiger partial charge on any atom is 0.254 e. The van der Waals surface area contributed by atoms with Crippen molar-refractivity contribution in [2.24, 2.45) is 0 Å². The maximum atomic E-state index is 13.5. The van der Waals surface area contributed by atoms with E-state index < -0.39 is 11.7 Å². The lowest BCUT2D eigenvalue weighted by Crippen LogP contribution is -2.26. The normalized spacial score (nSPS) is 10.5. The van der Waals surface area contributed by atoms with E-state index in [2.05, 4.69) is 15.5 Å². The molecule has 0 bridgehead atoms. The minimum Gasteiger partial charge on any atom is -0.496 e. The number of aromatic nitrogens is 2. The second-order valence-electron chi connectivity index (χ2n) is 5.20. The number of nitrogens with one attached hydrogen (secondary N) is 1. The summed E-state index contributed by atoms with van der Waals surface area (Å²) in [6, 6.07) is 13.1. The molecule has 0 unspecified atom stereocenters. The molecule has 1 amide bonds. The number of carbonyl (C=O) groups is 1. The lowest BCUT2D eigenvalue weighted by molar-refractivity contribution is 0.0949. The van der Waals surface area contributed by atoms with E-state index >= 15 is 0 Å². The molecular weight excluding hydrogens is 325 g/mol. The summed E-state index contributed by atoms with van der Waals surface area (Å²) in [5, 5.41) is 6.55. The van der Waals surface area contributed by atoms with Gasteiger partial charge >= 0.3 is 0 Å². The van der Waals surface area contributed by atoms with Crippen LogP contribution >= 0.6 is 0 Å². The van der Waals surface area contributed by atoms with Crippen LogP contribution in [0, 0.1) is 5.82 Å². The van der Waals surface area contributed by atoms with Gasteiger partial charge in [0.2, 0.25) is 11.7 Å². The third-order valence-corrected chi connectivity index (χ3v) is 3.56. The van der Waals surface area contributed by atoms with E-state index in [9.17, 15) is 9.18 Å². The van der Waals surface area contributed by atoms with Gasteiger partial charge in [-0.25, -0.2) is 4.39 Å². The number of amides is 1. The van der Waals surface area contributed by atoms with E-state index in [0.717, 1.165) is 5.56 Å². The molecule has 3 rings (SSSR count). The molecule has 0 fully saturated rings. The van der Waals surface area contributed by atoms with Gasteiger partial charge in [-0.1, -0.05) is 29.4 Å². The van der Waals surface area contributed by atoms with Crippen molar-refractivity contribution in [2.75, 3.05) is 13.7 Å². The highest BCUT2D eigenvalue weighted by molar-refractivity contribution is 5.94. The largest absolute Gasteiger partial charge is 0.496 e. The van der Waals surface area contributed by atoms with Gasteiger partial charge in [0, 0.05) is 13.0 Å². The topological polar surface area (TPSA) is 77.3 Å². The van der Waals surface area contributed by atoms with E-state index in [4.69, 9.17) is 9.26 Å². The van der Waals surface area contributed by atoms with Crippen LogP contribution in [0.3, 0.4) is 0 Å². The molecule has 1 N–H and O–H groups in total. The highest BCUT2D eigenvalue weighted by Gasteiger charge is 2.14. The fourth-order valence-electron chi connectivity index (χ4n) is 2.32. The molecule has 0 aliphatic rings. The Morgan fingerprint density at radius 2 is 1.96 bits per heavy atom. The number of para-hydroxylation sites is 1. The summed E-state index contributed by atoms with van der Waals surface area (Å²) in [4.78, 5) is 16.2. The van der Waals surface area contributed by atoms with Crippen LogP contribution in [0.25, 0.3) is 11.4 Å². The van der Waals surface area contributed by atoms with Gasteiger partial charge in [0.05, 0.1) is 18.2 Å². The van der Waals surface area contributed by atoms with Crippen LogP contribution in [0.1, 0.15) is 16.2 Å². The monoisotopic (exact) mass is 341 g/mol. The van der Waals surface area contributed by atoms with E-state index in [1.165, 1.54) is 18.2 Å². The van der Waals surface area contributed by atoms with Crippen molar-refractivity contribution in [1.82, 2.24) is 15.5 Å². The number of hydrogen-bond acceptors (Lipinski definition) is 5. The molecule has 0 saturated carbocycles. The summed E-state index contributed by atoms with van der Waals surface area (Å²) < 4.78 is 24.0. The van der Waals surface area contributed by atoms with Crippen LogP contribution in [0.15, 0.2) is 53.1 Å². The summed E-state index contributed by atoms with van der Waals surface area (Å²) >= 11 is 0. The Morgan fingerprint density at radius 3 is 2.76 bits per heavy atom. The molecule has 2 aromatic carbocycles. The molecule has 25 heavy (non-hydrogen) atoms. The number of benzene rings is 2. The summed E-state index contributed by atoms with van der Waals surface area (Å²) in [5.74, 6) is 0.379. The first-order valence-electron chi connectivity index (χ1n) is 7.67. The Kier molecular flexibility index (Phi) is 5.03. The standard InChI is InChI=1S/C18H16FN3O3/c1-24-15-9-5-3-7-13(15)17-21-16(25-22-17)10-11-20-18(23)12-6-2-4-8-14(12)19/h2-9H,10-11H2,1H3,(H,20,23). The van der Waals surface area contributed by atoms with Gasteiger partial charge in [-0.2, -0.15) is 4.98 Å². The van der Waals surface area contributed by atoms with Crippen molar-refractivity contribution >= 4 is 5.91 Å². The van der Waals surface area contributed by atoms with Gasteiger partial charge in [-0.05, 0) is 24.3 Å². The Bertz CT molecular complexity index is 879. The zero-order valence-electron chi connectivity index (χ0n) is 13.5. The molecule has 0 spiro atoms. The minimum absolute atomic E-state index is 0.00254. The second kappa shape index (κ2) is 7.57. The summed E-state index contributed by atoms with van der Waals surface area (Å²) in [7, 11) is 1.57. The summed E-state index contributed by atoms with van der Waals surface area (Å²) in [5.41, 5.74) is 0.720. The third kappa shape index (κ3) is 3.82. The first kappa shape index (κ1) is 16.6. The molecule has 0 saturated heterocycles. The fraction of sp³-hybridized carbons (Fsp3) is 0.167. The first-order chi connectivity index (χ1) is 12.2. The van der Waals surface area contributed by atoms with Gasteiger partial charge in [-0.15, -0.1) is 0 Å². The van der Waals surface area contributed by atoms with Crippen LogP contribution in [-0.2, 0) is 6.42 Å². The van der Waals surface area contributed by atoms with Crippen molar-refractivity contribution in [1.29, 1.82) is 0 Å². The maximum absolute atomic E-state index is 13.5. The van der Waals surface area contributed by atoms with E-state index in [1.807, 2.05) is 18.2 Å². The Labute approximate surface area is 143 Å². The average molecular weight is 341 g/mol. The quantitative estimate of drug-likeness (QED) is 0.746. The lowest BCUT2D eigenvalue weighted by Gasteiger charge is -2.04. The first-order valence-corrected chi connectivity index (χ1v) is 7.67. The smallest absolute Gasteiger partial charge is 0.254 e. The van der Waals surface area contributed by atoms with Gasteiger partial charge in [0.1, 0.15) is 11.6 Å². The predicted molar refractivity (Wildman–Crippen MR) is 88.7 cm³/mol. The van der Waals surface area contributed by atoms with Crippen molar-refractivity contribution in [3.63, 3.8) is 0 Å². The number of methoxy groups -OCH3 is 1. The predicted octanol–water partition coefficient (Wildman–Crippen LogP) is 2.86. The third-order valence-electron chi connectivity index (χ3n) is 3.56. The fourth-order valence-corrected chi connectivity index (χ4v) is 2.32. The van der Waals surface area contributed by atoms with Gasteiger partial charge in [-0.3, -0.25) is 4.79 Å². The lowest BCUT2D eigenvalue weighted by atomic mass is 10.2. The van der Waals surface area contributed by atoms with Crippen molar-refractivity contribution in [3.05, 3.63) is 65.8 Å². The molecule has 6 nitrogen and oxygen atoms in total. The number of halogens is 1. The van der Waals surface area contributed by atoms with Crippen LogP contribution in [-0.4, -0.2) is 29.7 Å². The molecule has 1 aromatic heterocycles. The zero-order chi connectivity index (χ0) is 17.6. The SMILES string of the molecule is COc1ccccc1-c1noc(CCNC(=O)c2ccccc2F)n1. The minimum atomic E-state index is -0.559. The Hall–Kier alpha value is -3.22. The highest BCUT2D eigenvalue weighted by atomic mass is 19.1. The van der Waals surface area contributed by atoms with Crippen molar-refractivity contribution < 1.29 is 18.4 Å². The van der Waals surface area contributed by atoms with Crippen LogP contribution < -0.4 is 10.1 Å².